The Kier molecular flexibility index (Phi) is 6.31. The van der Waals surface area contributed by atoms with E-state index >= 15 is 0 Å². The quantitative estimate of drug-likeness (QED) is 0.326. The number of halogens is 2. The van der Waals surface area contributed by atoms with E-state index in [9.17, 15) is 19.7 Å². The molecule has 0 spiro atoms. The van der Waals surface area contributed by atoms with Crippen molar-refractivity contribution in [2.75, 3.05) is 6.61 Å². The standard InChI is InChI=1S/C18H13Cl2N3O5S/c1-2-28-16(24)9-22-14-6-4-11(23(26)27)8-15(14)29-18(22)21-17(25)12-5-3-10(19)7-13(12)20/h3-8H,2,9H2,1H3. The largest absolute Gasteiger partial charge is 0.465 e. The molecule has 0 fully saturated rings. The number of esters is 1. The molecular weight excluding hydrogens is 441 g/mol. The maximum Gasteiger partial charge on any atom is 0.326 e. The van der Waals surface area contributed by atoms with E-state index in [4.69, 9.17) is 27.9 Å². The highest BCUT2D eigenvalue weighted by Crippen LogP contribution is 2.24. The van der Waals surface area contributed by atoms with Gasteiger partial charge in [-0.1, -0.05) is 34.5 Å². The maximum atomic E-state index is 12.6. The summed E-state index contributed by atoms with van der Waals surface area (Å²) in [6, 6.07) is 8.56. The van der Waals surface area contributed by atoms with Crippen LogP contribution in [0.3, 0.4) is 0 Å². The topological polar surface area (TPSA) is 104 Å². The lowest BCUT2D eigenvalue weighted by Gasteiger charge is -2.05. The summed E-state index contributed by atoms with van der Waals surface area (Å²) in [5.74, 6) is -1.16. The highest BCUT2D eigenvalue weighted by Gasteiger charge is 2.16. The maximum absolute atomic E-state index is 12.6. The number of nitrogens with zero attached hydrogens (tertiary/aromatic N) is 3. The molecule has 0 aliphatic rings. The van der Waals surface area contributed by atoms with Crippen molar-refractivity contribution < 1.29 is 19.2 Å². The van der Waals surface area contributed by atoms with E-state index in [1.54, 1.807) is 6.92 Å². The van der Waals surface area contributed by atoms with Gasteiger partial charge in [-0.3, -0.25) is 19.7 Å². The first-order chi connectivity index (χ1) is 13.8. The molecule has 2 aromatic carbocycles. The van der Waals surface area contributed by atoms with Gasteiger partial charge in [0, 0.05) is 17.2 Å². The number of amides is 1. The van der Waals surface area contributed by atoms with E-state index in [0.717, 1.165) is 11.3 Å². The van der Waals surface area contributed by atoms with Crippen LogP contribution in [0.1, 0.15) is 17.3 Å². The second-order valence-electron chi connectivity index (χ2n) is 5.73. The minimum atomic E-state index is -0.634. The van der Waals surface area contributed by atoms with Crippen molar-refractivity contribution in [1.82, 2.24) is 4.57 Å². The molecule has 0 N–H and O–H groups in total. The van der Waals surface area contributed by atoms with Crippen molar-refractivity contribution in [1.29, 1.82) is 0 Å². The Hall–Kier alpha value is -2.75. The minimum absolute atomic E-state index is 0.111. The van der Waals surface area contributed by atoms with Gasteiger partial charge in [0.05, 0.1) is 32.3 Å². The lowest BCUT2D eigenvalue weighted by atomic mass is 10.2. The zero-order valence-corrected chi connectivity index (χ0v) is 17.3. The Morgan fingerprint density at radius 1 is 1.24 bits per heavy atom. The van der Waals surface area contributed by atoms with E-state index in [1.807, 2.05) is 0 Å². The molecule has 3 aromatic rings. The molecule has 0 saturated heterocycles. The van der Waals surface area contributed by atoms with E-state index in [0.29, 0.717) is 15.2 Å². The Balaban J connectivity index is 2.15. The molecule has 1 heterocycles. The molecule has 11 heteroatoms. The number of non-ortho nitro benzene ring substituents is 1. The summed E-state index contributed by atoms with van der Waals surface area (Å²) in [5.41, 5.74) is 0.547. The second-order valence-corrected chi connectivity index (χ2v) is 7.58. The Morgan fingerprint density at radius 3 is 2.66 bits per heavy atom. The van der Waals surface area contributed by atoms with Crippen LogP contribution in [0.2, 0.25) is 10.0 Å². The number of hydrogen-bond donors (Lipinski definition) is 0. The molecule has 0 aliphatic carbocycles. The molecular formula is C18H13Cl2N3O5S. The molecule has 1 aromatic heterocycles. The highest BCUT2D eigenvalue weighted by molar-refractivity contribution is 7.16. The fraction of sp³-hybridized carbons (Fsp3) is 0.167. The molecule has 0 unspecified atom stereocenters. The SMILES string of the molecule is CCOC(=O)Cn1c(=NC(=O)c2ccc(Cl)cc2Cl)sc2cc([N+](=O)[O-])ccc21. The summed E-state index contributed by atoms with van der Waals surface area (Å²) in [6.07, 6.45) is 0. The number of carbonyl (C=O) groups is 2. The van der Waals surface area contributed by atoms with E-state index < -0.39 is 16.8 Å². The van der Waals surface area contributed by atoms with Crippen molar-refractivity contribution in [2.24, 2.45) is 4.99 Å². The van der Waals surface area contributed by atoms with Gasteiger partial charge in [0.25, 0.3) is 11.6 Å². The smallest absolute Gasteiger partial charge is 0.326 e. The normalized spacial score (nSPS) is 11.6. The number of hydrogen-bond acceptors (Lipinski definition) is 6. The molecule has 0 saturated carbocycles. The van der Waals surface area contributed by atoms with Gasteiger partial charge < -0.3 is 9.30 Å². The van der Waals surface area contributed by atoms with Gasteiger partial charge in [-0.2, -0.15) is 4.99 Å². The summed E-state index contributed by atoms with van der Waals surface area (Å²) >= 11 is 13.0. The average Bonchev–Trinajstić information content (AvgIpc) is 2.98. The number of ether oxygens (including phenoxy) is 1. The first-order valence-corrected chi connectivity index (χ1v) is 9.85. The van der Waals surface area contributed by atoms with Crippen LogP contribution < -0.4 is 4.80 Å². The predicted octanol–water partition coefficient (Wildman–Crippen LogP) is 4.22. The van der Waals surface area contributed by atoms with Crippen molar-refractivity contribution >= 4 is 62.3 Å². The number of aromatic nitrogens is 1. The van der Waals surface area contributed by atoms with Gasteiger partial charge in [0.2, 0.25) is 0 Å². The van der Waals surface area contributed by atoms with Crippen LogP contribution in [-0.2, 0) is 16.1 Å². The highest BCUT2D eigenvalue weighted by atomic mass is 35.5. The summed E-state index contributed by atoms with van der Waals surface area (Å²) in [7, 11) is 0. The first kappa shape index (κ1) is 21.0. The average molecular weight is 454 g/mol. The van der Waals surface area contributed by atoms with Gasteiger partial charge in [-0.25, -0.2) is 0 Å². The van der Waals surface area contributed by atoms with E-state index in [1.165, 1.54) is 41.0 Å². The predicted molar refractivity (Wildman–Crippen MR) is 109 cm³/mol. The summed E-state index contributed by atoms with van der Waals surface area (Å²) < 4.78 is 6.95. The zero-order valence-electron chi connectivity index (χ0n) is 14.9. The van der Waals surface area contributed by atoms with Crippen LogP contribution in [-0.4, -0.2) is 28.0 Å². The van der Waals surface area contributed by atoms with Crippen molar-refractivity contribution in [3.8, 4) is 0 Å². The molecule has 1 amide bonds. The Labute approximate surface area is 178 Å². The molecule has 0 atom stereocenters. The third kappa shape index (κ3) is 4.64. The summed E-state index contributed by atoms with van der Waals surface area (Å²) in [6.45, 7) is 1.67. The van der Waals surface area contributed by atoms with Crippen LogP contribution in [0, 0.1) is 10.1 Å². The van der Waals surface area contributed by atoms with Gasteiger partial charge >= 0.3 is 5.97 Å². The number of nitro benzene ring substituents is 1. The summed E-state index contributed by atoms with van der Waals surface area (Å²) in [4.78, 5) is 39.5. The number of rotatable bonds is 5. The number of carbonyl (C=O) groups excluding carboxylic acids is 2. The molecule has 150 valence electrons. The lowest BCUT2D eigenvalue weighted by molar-refractivity contribution is -0.384. The lowest BCUT2D eigenvalue weighted by Crippen LogP contribution is -2.23. The number of benzene rings is 2. The van der Waals surface area contributed by atoms with E-state index in [2.05, 4.69) is 4.99 Å². The van der Waals surface area contributed by atoms with Gasteiger partial charge in [0.1, 0.15) is 6.54 Å². The van der Waals surface area contributed by atoms with Crippen LogP contribution in [0.15, 0.2) is 41.4 Å². The van der Waals surface area contributed by atoms with Crippen LogP contribution in [0.4, 0.5) is 5.69 Å². The van der Waals surface area contributed by atoms with Crippen LogP contribution in [0.25, 0.3) is 10.2 Å². The summed E-state index contributed by atoms with van der Waals surface area (Å²) in [5, 5.41) is 11.6. The Bertz CT molecular complexity index is 1200. The minimum Gasteiger partial charge on any atom is -0.465 e. The van der Waals surface area contributed by atoms with Crippen LogP contribution >= 0.6 is 34.5 Å². The third-order valence-electron chi connectivity index (χ3n) is 3.83. The Morgan fingerprint density at radius 2 is 2.00 bits per heavy atom. The zero-order chi connectivity index (χ0) is 21.1. The molecule has 0 bridgehead atoms. The van der Waals surface area contributed by atoms with E-state index in [-0.39, 0.29) is 34.2 Å². The molecule has 29 heavy (non-hydrogen) atoms. The second kappa shape index (κ2) is 8.73. The van der Waals surface area contributed by atoms with Gasteiger partial charge in [-0.15, -0.1) is 0 Å². The molecule has 8 nitrogen and oxygen atoms in total. The van der Waals surface area contributed by atoms with Crippen molar-refractivity contribution in [3.05, 3.63) is 66.9 Å². The van der Waals surface area contributed by atoms with Crippen molar-refractivity contribution in [3.63, 3.8) is 0 Å². The number of nitro groups is 1. The van der Waals surface area contributed by atoms with Crippen molar-refractivity contribution in [2.45, 2.75) is 13.5 Å². The van der Waals surface area contributed by atoms with Crippen LogP contribution in [0.5, 0.6) is 0 Å². The van der Waals surface area contributed by atoms with Gasteiger partial charge in [0.15, 0.2) is 4.80 Å². The van der Waals surface area contributed by atoms with Gasteiger partial charge in [-0.05, 0) is 31.2 Å². The molecule has 3 rings (SSSR count). The monoisotopic (exact) mass is 453 g/mol. The number of fused-ring (bicyclic) bond motifs is 1. The molecule has 0 radical (unpaired) electrons. The molecule has 0 aliphatic heterocycles. The first-order valence-electron chi connectivity index (χ1n) is 8.27. The fourth-order valence-electron chi connectivity index (χ4n) is 2.56. The third-order valence-corrected chi connectivity index (χ3v) is 5.42. The fourth-order valence-corrected chi connectivity index (χ4v) is 4.11. The number of thiazole rings is 1.